The molecule has 0 radical (unpaired) electrons. The quantitative estimate of drug-likeness (QED) is 0.452. The van der Waals surface area contributed by atoms with E-state index in [0.717, 1.165) is 19.1 Å². The lowest BCUT2D eigenvalue weighted by atomic mass is 9.51. The van der Waals surface area contributed by atoms with Crippen LogP contribution in [-0.4, -0.2) is 74.8 Å². The number of epoxide rings is 1. The van der Waals surface area contributed by atoms with Crippen LogP contribution in [-0.2, 0) is 23.7 Å². The summed E-state index contributed by atoms with van der Waals surface area (Å²) in [6.07, 6.45) is 2.58. The van der Waals surface area contributed by atoms with Gasteiger partial charge in [-0.1, -0.05) is 55.4 Å². The molecule has 4 aliphatic rings. The summed E-state index contributed by atoms with van der Waals surface area (Å²) in [5, 5.41) is 10.6. The van der Waals surface area contributed by atoms with Crippen LogP contribution in [0.25, 0.3) is 0 Å². The predicted octanol–water partition coefficient (Wildman–Crippen LogP) is 3.83. The van der Waals surface area contributed by atoms with Gasteiger partial charge in [0.1, 0.15) is 12.2 Å². The highest BCUT2D eigenvalue weighted by molar-refractivity contribution is 5.13. The number of ether oxygens (including phenoxy) is 5. The van der Waals surface area contributed by atoms with Crippen LogP contribution in [0.3, 0.4) is 0 Å². The van der Waals surface area contributed by atoms with Crippen molar-refractivity contribution < 1.29 is 28.8 Å². The summed E-state index contributed by atoms with van der Waals surface area (Å²) < 4.78 is 30.2. The maximum atomic E-state index is 10.6. The van der Waals surface area contributed by atoms with Gasteiger partial charge in [-0.05, 0) is 18.8 Å². The average Bonchev–Trinajstić information content (AvgIpc) is 3.55. The maximum Gasteiger partial charge on any atom is 0.104 e. The van der Waals surface area contributed by atoms with Gasteiger partial charge < -0.3 is 28.8 Å². The van der Waals surface area contributed by atoms with Gasteiger partial charge in [-0.15, -0.1) is 0 Å². The standard InChI is InChI=1S/C26H46O6/c1-23(2)19(29-11-16-9-10-16)24(3,4)20(23)30-12-17(27)13-31-21-25(5,6)22(26(21,7)8)32-15-18-14-28-18/h16-22,27H,9-15H2,1-8H3. The summed E-state index contributed by atoms with van der Waals surface area (Å²) >= 11 is 0. The second kappa shape index (κ2) is 8.46. The molecule has 2 unspecified atom stereocenters. The van der Waals surface area contributed by atoms with Crippen LogP contribution in [0.4, 0.5) is 0 Å². The summed E-state index contributed by atoms with van der Waals surface area (Å²) in [6.45, 7) is 20.5. The Morgan fingerprint density at radius 2 is 1.06 bits per heavy atom. The number of rotatable bonds is 12. The van der Waals surface area contributed by atoms with Gasteiger partial charge in [0.05, 0.1) is 50.8 Å². The third kappa shape index (κ3) is 4.52. The van der Waals surface area contributed by atoms with Crippen LogP contribution in [0.5, 0.6) is 0 Å². The van der Waals surface area contributed by atoms with E-state index in [1.54, 1.807) is 0 Å². The van der Waals surface area contributed by atoms with Gasteiger partial charge in [0.25, 0.3) is 0 Å². The monoisotopic (exact) mass is 454 g/mol. The van der Waals surface area contributed by atoms with E-state index in [1.807, 2.05) is 0 Å². The van der Waals surface area contributed by atoms with Gasteiger partial charge in [0.15, 0.2) is 0 Å². The summed E-state index contributed by atoms with van der Waals surface area (Å²) in [6, 6.07) is 0. The Labute approximate surface area is 194 Å². The van der Waals surface area contributed by atoms with E-state index in [-0.39, 0.29) is 65.4 Å². The topological polar surface area (TPSA) is 69.7 Å². The highest BCUT2D eigenvalue weighted by atomic mass is 16.6. The zero-order valence-corrected chi connectivity index (χ0v) is 21.5. The molecule has 4 fully saturated rings. The minimum atomic E-state index is -0.653. The lowest BCUT2D eigenvalue weighted by Gasteiger charge is -2.63. The van der Waals surface area contributed by atoms with E-state index in [2.05, 4.69) is 55.4 Å². The Morgan fingerprint density at radius 1 is 0.688 bits per heavy atom. The van der Waals surface area contributed by atoms with Crippen molar-refractivity contribution in [3.05, 3.63) is 0 Å². The van der Waals surface area contributed by atoms with Crippen LogP contribution < -0.4 is 0 Å². The van der Waals surface area contributed by atoms with Gasteiger partial charge in [0.2, 0.25) is 0 Å². The first kappa shape index (κ1) is 24.9. The molecule has 32 heavy (non-hydrogen) atoms. The van der Waals surface area contributed by atoms with Crippen molar-refractivity contribution in [1.29, 1.82) is 0 Å². The fourth-order valence-electron chi connectivity index (χ4n) is 7.26. The molecule has 1 aliphatic heterocycles. The molecule has 6 nitrogen and oxygen atoms in total. The Kier molecular flexibility index (Phi) is 6.57. The van der Waals surface area contributed by atoms with E-state index in [1.165, 1.54) is 12.8 Å². The van der Waals surface area contributed by atoms with E-state index >= 15 is 0 Å². The number of hydrogen-bond acceptors (Lipinski definition) is 6. The molecule has 3 aliphatic carbocycles. The van der Waals surface area contributed by atoms with Gasteiger partial charge in [-0.2, -0.15) is 0 Å². The van der Waals surface area contributed by atoms with Crippen molar-refractivity contribution in [2.24, 2.45) is 27.6 Å². The molecule has 1 N–H and O–H groups in total. The minimum absolute atomic E-state index is 0.0200. The molecule has 1 heterocycles. The van der Waals surface area contributed by atoms with Crippen molar-refractivity contribution in [1.82, 2.24) is 0 Å². The van der Waals surface area contributed by atoms with Gasteiger partial charge in [-0.25, -0.2) is 0 Å². The fraction of sp³-hybridized carbons (Fsp3) is 1.00. The molecule has 186 valence electrons. The Hall–Kier alpha value is -0.240. The van der Waals surface area contributed by atoms with Crippen molar-refractivity contribution in [3.8, 4) is 0 Å². The largest absolute Gasteiger partial charge is 0.388 e. The molecule has 4 rings (SSSR count). The number of hydrogen-bond donors (Lipinski definition) is 1. The second-order valence-electron chi connectivity index (χ2n) is 13.2. The SMILES string of the molecule is CC1(C)C(OCC(O)COC2C(C)(C)C(OCC3CO3)C2(C)C)C(C)(C)C1OCC1CC1. The molecule has 1 saturated heterocycles. The zero-order chi connectivity index (χ0) is 23.5. The Morgan fingerprint density at radius 3 is 1.44 bits per heavy atom. The van der Waals surface area contributed by atoms with Crippen LogP contribution in [0.1, 0.15) is 68.2 Å². The van der Waals surface area contributed by atoms with E-state index in [4.69, 9.17) is 23.7 Å². The van der Waals surface area contributed by atoms with Gasteiger partial charge >= 0.3 is 0 Å². The molecule has 2 atom stereocenters. The van der Waals surface area contributed by atoms with Crippen LogP contribution in [0, 0.1) is 27.6 Å². The summed E-state index contributed by atoms with van der Waals surface area (Å²) in [5.74, 6) is 0.757. The summed E-state index contributed by atoms with van der Waals surface area (Å²) in [5.41, 5.74) is -0.342. The highest BCUT2D eigenvalue weighted by Gasteiger charge is 2.65. The molecule has 0 spiro atoms. The molecule has 6 heteroatoms. The lowest BCUT2D eigenvalue weighted by molar-refractivity contribution is -0.298. The van der Waals surface area contributed by atoms with Crippen molar-refractivity contribution in [2.45, 2.75) is 105 Å². The molecule has 0 aromatic carbocycles. The molecular formula is C26H46O6. The smallest absolute Gasteiger partial charge is 0.104 e. The first-order valence-corrected chi connectivity index (χ1v) is 12.5. The van der Waals surface area contributed by atoms with E-state index in [0.29, 0.717) is 6.61 Å². The van der Waals surface area contributed by atoms with Crippen molar-refractivity contribution in [2.75, 3.05) is 33.0 Å². The molecule has 0 aromatic rings. The normalized spacial score (nSPS) is 39.1. The highest BCUT2D eigenvalue weighted by Crippen LogP contribution is 2.58. The maximum absolute atomic E-state index is 10.6. The zero-order valence-electron chi connectivity index (χ0n) is 21.5. The fourth-order valence-corrected chi connectivity index (χ4v) is 7.26. The summed E-state index contributed by atoms with van der Waals surface area (Å²) in [4.78, 5) is 0. The number of aliphatic hydroxyl groups is 1. The third-order valence-corrected chi connectivity index (χ3v) is 8.36. The number of aliphatic hydroxyl groups excluding tert-OH is 1. The van der Waals surface area contributed by atoms with Crippen LogP contribution in [0.2, 0.25) is 0 Å². The minimum Gasteiger partial charge on any atom is -0.388 e. The lowest BCUT2D eigenvalue weighted by Crippen LogP contribution is -2.70. The van der Waals surface area contributed by atoms with Crippen molar-refractivity contribution >= 4 is 0 Å². The van der Waals surface area contributed by atoms with E-state index < -0.39 is 6.10 Å². The molecule has 0 bridgehead atoms. The van der Waals surface area contributed by atoms with Gasteiger partial charge in [0, 0.05) is 28.3 Å². The first-order valence-electron chi connectivity index (χ1n) is 12.5. The third-order valence-electron chi connectivity index (χ3n) is 8.36. The van der Waals surface area contributed by atoms with Crippen molar-refractivity contribution in [3.63, 3.8) is 0 Å². The summed E-state index contributed by atoms with van der Waals surface area (Å²) in [7, 11) is 0. The Balaban J connectivity index is 1.22. The first-order chi connectivity index (χ1) is 14.8. The second-order valence-corrected chi connectivity index (χ2v) is 13.2. The van der Waals surface area contributed by atoms with E-state index in [9.17, 15) is 5.11 Å². The predicted molar refractivity (Wildman–Crippen MR) is 123 cm³/mol. The Bertz CT molecular complexity index is 575. The molecule has 0 amide bonds. The molecule has 0 aromatic heterocycles. The average molecular weight is 455 g/mol. The molecule has 3 saturated carbocycles. The van der Waals surface area contributed by atoms with Gasteiger partial charge in [-0.3, -0.25) is 0 Å². The van der Waals surface area contributed by atoms with Crippen LogP contribution in [0.15, 0.2) is 0 Å². The molecular weight excluding hydrogens is 408 g/mol. The van der Waals surface area contributed by atoms with Crippen LogP contribution >= 0.6 is 0 Å².